The molecule has 3 rings (SSSR count). The average Bonchev–Trinajstić information content (AvgIpc) is 3.16. The molecule has 0 spiro atoms. The molecule has 7 nitrogen and oxygen atoms in total. The standard InChI is InChI=1S/C21H24ClN3O4S2.ClH/c1-24(2)12-7-13-25(20(26)14-8-5-6-9-17(14)31(4,27)28)21-23-18-16(29-3)11-10-15(22)19(18)30-21;/h5-6,8-11H,7,12-13H2,1-4H3;1H. The SMILES string of the molecule is COc1ccc(Cl)c2sc(N(CCCN(C)C)C(=O)c3ccccc3S(C)(=O)=O)nc12.Cl. The third-order valence-corrected chi connectivity index (χ3v) is 7.34. The molecule has 0 aliphatic rings. The van der Waals surface area contributed by atoms with Crippen molar-refractivity contribution in [3.8, 4) is 5.75 Å². The van der Waals surface area contributed by atoms with Gasteiger partial charge in [-0.1, -0.05) is 35.1 Å². The summed E-state index contributed by atoms with van der Waals surface area (Å²) >= 11 is 7.63. The van der Waals surface area contributed by atoms with Crippen LogP contribution in [0.15, 0.2) is 41.3 Å². The topological polar surface area (TPSA) is 79.8 Å². The van der Waals surface area contributed by atoms with Crippen LogP contribution in [0, 0.1) is 0 Å². The van der Waals surface area contributed by atoms with Crippen LogP contribution < -0.4 is 9.64 Å². The van der Waals surface area contributed by atoms with Gasteiger partial charge in [0.1, 0.15) is 11.3 Å². The maximum atomic E-state index is 13.6. The van der Waals surface area contributed by atoms with Crippen LogP contribution in [0.1, 0.15) is 16.8 Å². The van der Waals surface area contributed by atoms with Crippen molar-refractivity contribution in [2.45, 2.75) is 11.3 Å². The molecule has 1 heterocycles. The molecule has 0 aliphatic carbocycles. The number of hydrogen-bond donors (Lipinski definition) is 0. The minimum atomic E-state index is -3.58. The van der Waals surface area contributed by atoms with Gasteiger partial charge >= 0.3 is 0 Å². The zero-order chi connectivity index (χ0) is 22.8. The first-order valence-corrected chi connectivity index (χ1v) is 12.6. The number of sulfone groups is 1. The Bertz CT molecular complexity index is 1210. The van der Waals surface area contributed by atoms with Gasteiger partial charge in [0.2, 0.25) is 0 Å². The average molecular weight is 518 g/mol. The van der Waals surface area contributed by atoms with Crippen LogP contribution in [0.2, 0.25) is 5.02 Å². The van der Waals surface area contributed by atoms with Gasteiger partial charge in [0.05, 0.1) is 27.3 Å². The highest BCUT2D eigenvalue weighted by molar-refractivity contribution is 7.90. The third-order valence-electron chi connectivity index (χ3n) is 4.65. The van der Waals surface area contributed by atoms with E-state index in [1.165, 1.54) is 28.4 Å². The highest BCUT2D eigenvalue weighted by Crippen LogP contribution is 2.39. The summed E-state index contributed by atoms with van der Waals surface area (Å²) in [6.45, 7) is 1.13. The van der Waals surface area contributed by atoms with Crippen LogP contribution in [0.25, 0.3) is 10.2 Å². The molecule has 1 amide bonds. The molecule has 0 fully saturated rings. The Labute approximate surface area is 203 Å². The third kappa shape index (κ3) is 5.71. The Hall–Kier alpha value is -1.91. The molecule has 0 bridgehead atoms. The minimum Gasteiger partial charge on any atom is -0.494 e. The Morgan fingerprint density at radius 3 is 2.47 bits per heavy atom. The molecule has 0 aliphatic heterocycles. The van der Waals surface area contributed by atoms with E-state index in [1.54, 1.807) is 31.4 Å². The smallest absolute Gasteiger partial charge is 0.261 e. The Morgan fingerprint density at radius 1 is 1.16 bits per heavy atom. The zero-order valence-corrected chi connectivity index (χ0v) is 21.4. The quantitative estimate of drug-likeness (QED) is 0.441. The fraction of sp³-hybridized carbons (Fsp3) is 0.333. The molecule has 0 unspecified atom stereocenters. The molecule has 3 aromatic rings. The van der Waals surface area contributed by atoms with Crippen molar-refractivity contribution in [3.63, 3.8) is 0 Å². The molecule has 0 saturated carbocycles. The largest absolute Gasteiger partial charge is 0.494 e. The van der Waals surface area contributed by atoms with E-state index in [0.29, 0.717) is 39.1 Å². The first kappa shape index (κ1) is 26.3. The van der Waals surface area contributed by atoms with Gasteiger partial charge in [-0.3, -0.25) is 9.69 Å². The number of thiazole rings is 1. The molecule has 11 heteroatoms. The maximum absolute atomic E-state index is 13.6. The molecule has 0 radical (unpaired) electrons. The first-order valence-electron chi connectivity index (χ1n) is 9.52. The van der Waals surface area contributed by atoms with Crippen molar-refractivity contribution >= 4 is 66.4 Å². The summed E-state index contributed by atoms with van der Waals surface area (Å²) in [5, 5.41) is 0.949. The molecule has 174 valence electrons. The van der Waals surface area contributed by atoms with Crippen molar-refractivity contribution in [3.05, 3.63) is 47.0 Å². The Kier molecular flexibility index (Phi) is 8.90. The molecular weight excluding hydrogens is 493 g/mol. The van der Waals surface area contributed by atoms with Crippen molar-refractivity contribution < 1.29 is 17.9 Å². The summed E-state index contributed by atoms with van der Waals surface area (Å²) < 4.78 is 30.6. The van der Waals surface area contributed by atoms with Crippen LogP contribution in [0.3, 0.4) is 0 Å². The predicted octanol–water partition coefficient (Wildman–Crippen LogP) is 4.38. The summed E-state index contributed by atoms with van der Waals surface area (Å²) in [6, 6.07) is 9.68. The van der Waals surface area contributed by atoms with Gasteiger partial charge in [-0.15, -0.1) is 12.4 Å². The van der Waals surface area contributed by atoms with Gasteiger partial charge in [-0.05, 0) is 51.3 Å². The summed E-state index contributed by atoms with van der Waals surface area (Å²) in [5.74, 6) is 0.132. The minimum absolute atomic E-state index is 0. The number of rotatable bonds is 8. The monoisotopic (exact) mass is 517 g/mol. The maximum Gasteiger partial charge on any atom is 0.261 e. The van der Waals surface area contributed by atoms with E-state index in [9.17, 15) is 13.2 Å². The van der Waals surface area contributed by atoms with Crippen LogP contribution in [-0.2, 0) is 9.84 Å². The van der Waals surface area contributed by atoms with Crippen molar-refractivity contribution in [1.82, 2.24) is 9.88 Å². The second kappa shape index (κ2) is 10.8. The number of fused-ring (bicyclic) bond motifs is 1. The number of hydrogen-bond acceptors (Lipinski definition) is 7. The number of aromatic nitrogens is 1. The number of nitrogens with zero attached hydrogens (tertiary/aromatic N) is 3. The first-order chi connectivity index (χ1) is 14.6. The second-order valence-electron chi connectivity index (χ2n) is 7.31. The fourth-order valence-electron chi connectivity index (χ4n) is 3.16. The summed E-state index contributed by atoms with van der Waals surface area (Å²) in [4.78, 5) is 21.7. The molecule has 0 atom stereocenters. The van der Waals surface area contributed by atoms with Gasteiger partial charge in [-0.25, -0.2) is 13.4 Å². The number of halogens is 2. The Balaban J connectivity index is 0.00000363. The number of amides is 1. The lowest BCUT2D eigenvalue weighted by atomic mass is 10.2. The van der Waals surface area contributed by atoms with Gasteiger partial charge in [0.15, 0.2) is 15.0 Å². The second-order valence-corrected chi connectivity index (χ2v) is 10.7. The van der Waals surface area contributed by atoms with Crippen LogP contribution in [-0.4, -0.2) is 64.8 Å². The summed E-state index contributed by atoms with van der Waals surface area (Å²) in [7, 11) is 1.87. The van der Waals surface area contributed by atoms with Crippen molar-refractivity contribution in [1.29, 1.82) is 0 Å². The number of methoxy groups -OCH3 is 1. The molecule has 2 aromatic carbocycles. The van der Waals surface area contributed by atoms with Crippen LogP contribution in [0.5, 0.6) is 5.75 Å². The zero-order valence-electron chi connectivity index (χ0n) is 18.2. The highest BCUT2D eigenvalue weighted by Gasteiger charge is 2.27. The van der Waals surface area contributed by atoms with E-state index >= 15 is 0 Å². The molecule has 32 heavy (non-hydrogen) atoms. The van der Waals surface area contributed by atoms with E-state index in [4.69, 9.17) is 16.3 Å². The molecule has 0 saturated heterocycles. The van der Waals surface area contributed by atoms with Crippen molar-refractivity contribution in [2.75, 3.05) is 45.5 Å². The Morgan fingerprint density at radius 2 is 1.84 bits per heavy atom. The number of carbonyl (C=O) groups excluding carboxylic acids is 1. The van der Waals surface area contributed by atoms with Crippen molar-refractivity contribution in [2.24, 2.45) is 0 Å². The molecular formula is C21H25Cl2N3O4S2. The lowest BCUT2D eigenvalue weighted by molar-refractivity contribution is 0.0983. The normalized spacial score (nSPS) is 11.4. The van der Waals surface area contributed by atoms with Crippen LogP contribution in [0.4, 0.5) is 5.13 Å². The highest BCUT2D eigenvalue weighted by atomic mass is 35.5. The predicted molar refractivity (Wildman–Crippen MR) is 133 cm³/mol. The van der Waals surface area contributed by atoms with Gasteiger partial charge in [0.25, 0.3) is 5.91 Å². The lowest BCUT2D eigenvalue weighted by Crippen LogP contribution is -2.34. The summed E-state index contributed by atoms with van der Waals surface area (Å²) in [6.07, 6.45) is 1.78. The van der Waals surface area contributed by atoms with Crippen LogP contribution >= 0.6 is 35.3 Å². The van der Waals surface area contributed by atoms with E-state index in [0.717, 1.165) is 12.8 Å². The number of ether oxygens (including phenoxy) is 1. The summed E-state index contributed by atoms with van der Waals surface area (Å²) in [5.41, 5.74) is 0.684. The number of benzene rings is 2. The number of anilines is 1. The van der Waals surface area contributed by atoms with E-state index in [1.807, 2.05) is 19.0 Å². The van der Waals surface area contributed by atoms with E-state index in [2.05, 4.69) is 4.98 Å². The molecule has 0 N–H and O–H groups in total. The van der Waals surface area contributed by atoms with E-state index in [-0.39, 0.29) is 22.9 Å². The van der Waals surface area contributed by atoms with E-state index < -0.39 is 15.7 Å². The van der Waals surface area contributed by atoms with Gasteiger partial charge in [-0.2, -0.15) is 0 Å². The van der Waals surface area contributed by atoms with Gasteiger partial charge < -0.3 is 9.64 Å². The number of carbonyl (C=O) groups is 1. The van der Waals surface area contributed by atoms with Gasteiger partial charge in [0, 0.05) is 12.8 Å². The lowest BCUT2D eigenvalue weighted by Gasteiger charge is -2.22. The fourth-order valence-corrected chi connectivity index (χ4v) is 5.32. The molecule has 1 aromatic heterocycles.